The van der Waals surface area contributed by atoms with Gasteiger partial charge < -0.3 is 19.9 Å². The summed E-state index contributed by atoms with van der Waals surface area (Å²) in [6.07, 6.45) is 5.36. The molecule has 3 rings (SSSR count). The maximum atomic E-state index is 12.3. The van der Waals surface area contributed by atoms with E-state index in [1.54, 1.807) is 36.4 Å². The zero-order valence-electron chi connectivity index (χ0n) is 17.0. The van der Waals surface area contributed by atoms with Crippen LogP contribution in [0.2, 0.25) is 0 Å². The predicted octanol–water partition coefficient (Wildman–Crippen LogP) is 3.04. The molecule has 158 valence electrons. The normalized spacial score (nSPS) is 10.7. The first-order chi connectivity index (χ1) is 15.0. The van der Waals surface area contributed by atoms with Crippen molar-refractivity contribution in [3.63, 3.8) is 0 Å². The second-order valence-corrected chi connectivity index (χ2v) is 6.33. The van der Waals surface area contributed by atoms with Gasteiger partial charge in [-0.05, 0) is 24.3 Å². The van der Waals surface area contributed by atoms with E-state index in [2.05, 4.69) is 21.5 Å². The molecule has 0 radical (unpaired) electrons. The smallest absolute Gasteiger partial charge is 0.283 e. The van der Waals surface area contributed by atoms with Crippen LogP contribution < -0.4 is 14.8 Å². The average Bonchev–Trinajstić information content (AvgIpc) is 3.06. The molecule has 0 atom stereocenters. The Bertz CT molecular complexity index is 1210. The molecule has 0 saturated heterocycles. The monoisotopic (exact) mass is 420 g/mol. The maximum absolute atomic E-state index is 12.3. The number of fused-ring (bicyclic) bond motifs is 1. The topological polar surface area (TPSA) is 115 Å². The maximum Gasteiger partial charge on any atom is 0.283 e. The van der Waals surface area contributed by atoms with Crippen molar-refractivity contribution < 1.29 is 24.2 Å². The molecule has 3 aromatic rings. The Kier molecular flexibility index (Phi) is 6.52. The van der Waals surface area contributed by atoms with Gasteiger partial charge in [0.05, 0.1) is 26.3 Å². The van der Waals surface area contributed by atoms with Gasteiger partial charge >= 0.3 is 0 Å². The van der Waals surface area contributed by atoms with Gasteiger partial charge in [-0.15, -0.1) is 16.7 Å². The number of methoxy groups -OCH3 is 2. The van der Waals surface area contributed by atoms with Gasteiger partial charge in [0, 0.05) is 10.9 Å². The molecule has 0 saturated carbocycles. The van der Waals surface area contributed by atoms with E-state index < -0.39 is 11.8 Å². The first kappa shape index (κ1) is 21.4. The number of ether oxygens (including phenoxy) is 2. The average molecular weight is 420 g/mol. The predicted molar refractivity (Wildman–Crippen MR) is 114 cm³/mol. The molecule has 2 amide bonds. The van der Waals surface area contributed by atoms with Crippen molar-refractivity contribution in [2.45, 2.75) is 6.54 Å². The molecule has 1 heterocycles. The Hall–Kier alpha value is -4.32. The number of hydrogen-bond acceptors (Lipinski definition) is 6. The van der Waals surface area contributed by atoms with Gasteiger partial charge in [-0.3, -0.25) is 14.2 Å². The molecule has 0 aliphatic carbocycles. The van der Waals surface area contributed by atoms with Crippen LogP contribution >= 0.6 is 0 Å². The molecule has 0 fully saturated rings. The lowest BCUT2D eigenvalue weighted by Gasteiger charge is -2.09. The lowest BCUT2D eigenvalue weighted by molar-refractivity contribution is -0.117. The molecule has 9 heteroatoms. The van der Waals surface area contributed by atoms with Crippen LogP contribution in [0, 0.1) is 12.3 Å². The highest BCUT2D eigenvalue weighted by Gasteiger charge is 2.16. The highest BCUT2D eigenvalue weighted by Crippen LogP contribution is 2.38. The molecule has 0 aliphatic rings. The summed E-state index contributed by atoms with van der Waals surface area (Å²) in [7, 11) is 2.95. The van der Waals surface area contributed by atoms with Crippen LogP contribution in [0.3, 0.4) is 0 Å². The number of benzene rings is 2. The third-order valence-corrected chi connectivity index (χ3v) is 4.47. The quantitative estimate of drug-likeness (QED) is 0.450. The minimum Gasteiger partial charge on any atom is -0.493 e. The van der Waals surface area contributed by atoms with Gasteiger partial charge in [-0.2, -0.15) is 0 Å². The molecule has 0 aliphatic heterocycles. The van der Waals surface area contributed by atoms with E-state index in [0.29, 0.717) is 22.4 Å². The Labute approximate surface area is 178 Å². The Balaban J connectivity index is 1.71. The summed E-state index contributed by atoms with van der Waals surface area (Å²) >= 11 is 0. The highest BCUT2D eigenvalue weighted by atomic mass is 16.5. The van der Waals surface area contributed by atoms with Crippen molar-refractivity contribution in [2.24, 2.45) is 10.2 Å². The number of terminal acetylenes is 1. The number of hydrogen-bond donors (Lipinski definition) is 2. The van der Waals surface area contributed by atoms with Gasteiger partial charge in [0.25, 0.3) is 11.8 Å². The lowest BCUT2D eigenvalue weighted by atomic mass is 10.2. The van der Waals surface area contributed by atoms with Crippen molar-refractivity contribution in [1.29, 1.82) is 0 Å². The van der Waals surface area contributed by atoms with Crippen LogP contribution in [-0.2, 0) is 11.3 Å². The summed E-state index contributed by atoms with van der Waals surface area (Å²) in [5.74, 6) is 1.96. The van der Waals surface area contributed by atoms with E-state index in [1.165, 1.54) is 24.9 Å². The first-order valence-corrected chi connectivity index (χ1v) is 9.18. The number of azo groups is 1. The number of carbonyl (C=O) groups excluding carboxylic acids is 2. The van der Waals surface area contributed by atoms with Gasteiger partial charge in [-0.1, -0.05) is 24.1 Å². The largest absolute Gasteiger partial charge is 0.493 e. The summed E-state index contributed by atoms with van der Waals surface area (Å²) in [5, 5.41) is 21.0. The Morgan fingerprint density at radius 1 is 1.16 bits per heavy atom. The number of aromatic hydroxyl groups is 1. The fourth-order valence-corrected chi connectivity index (χ4v) is 3.00. The van der Waals surface area contributed by atoms with E-state index in [4.69, 9.17) is 15.9 Å². The standard InChI is InChI=1S/C22H20N4O5/c1-4-11-26-16-8-6-5-7-15(16)20(22(26)29)25-24-19(27)13-23-21(28)14-9-10-17(30-2)18(12-14)31-3/h1,5-10,12,29H,11,13H2,2-3H3,(H,23,28). The molecule has 0 spiro atoms. The van der Waals surface area contributed by atoms with E-state index in [0.717, 1.165) is 0 Å². The molecule has 9 nitrogen and oxygen atoms in total. The van der Waals surface area contributed by atoms with Crippen LogP contribution in [0.1, 0.15) is 10.4 Å². The van der Waals surface area contributed by atoms with Crippen molar-refractivity contribution >= 4 is 28.4 Å². The van der Waals surface area contributed by atoms with E-state index in [1.807, 2.05) is 0 Å². The van der Waals surface area contributed by atoms with Crippen molar-refractivity contribution in [3.8, 4) is 29.7 Å². The fraction of sp³-hybridized carbons (Fsp3) is 0.182. The van der Waals surface area contributed by atoms with Gasteiger partial charge in [-0.25, -0.2) is 0 Å². The highest BCUT2D eigenvalue weighted by molar-refractivity contribution is 5.97. The van der Waals surface area contributed by atoms with Crippen LogP contribution in [0.5, 0.6) is 17.4 Å². The second-order valence-electron chi connectivity index (χ2n) is 6.33. The fourth-order valence-electron chi connectivity index (χ4n) is 3.00. The zero-order valence-corrected chi connectivity index (χ0v) is 17.0. The number of rotatable bonds is 7. The zero-order chi connectivity index (χ0) is 22.4. The second kappa shape index (κ2) is 9.45. The molecular formula is C22H20N4O5. The van der Waals surface area contributed by atoms with E-state index in [9.17, 15) is 14.7 Å². The van der Waals surface area contributed by atoms with Crippen LogP contribution in [-0.4, -0.2) is 42.3 Å². The number of carbonyl (C=O) groups is 2. The molecule has 2 aromatic carbocycles. The number of amides is 2. The van der Waals surface area contributed by atoms with Crippen molar-refractivity contribution in [3.05, 3.63) is 48.0 Å². The molecule has 31 heavy (non-hydrogen) atoms. The van der Waals surface area contributed by atoms with Crippen molar-refractivity contribution in [2.75, 3.05) is 20.8 Å². The number of nitrogens with zero attached hydrogens (tertiary/aromatic N) is 3. The minimum absolute atomic E-state index is 0.130. The number of nitrogens with one attached hydrogen (secondary N) is 1. The Morgan fingerprint density at radius 2 is 1.90 bits per heavy atom. The number of aromatic nitrogens is 1. The summed E-state index contributed by atoms with van der Waals surface area (Å²) in [5.41, 5.74) is 1.09. The molecule has 1 aromatic heterocycles. The minimum atomic E-state index is -0.693. The van der Waals surface area contributed by atoms with Crippen LogP contribution in [0.25, 0.3) is 10.9 Å². The van der Waals surface area contributed by atoms with Gasteiger partial charge in [0.1, 0.15) is 6.54 Å². The summed E-state index contributed by atoms with van der Waals surface area (Å²) in [4.78, 5) is 24.4. The van der Waals surface area contributed by atoms with Crippen LogP contribution in [0.15, 0.2) is 52.7 Å². The molecular weight excluding hydrogens is 400 g/mol. The van der Waals surface area contributed by atoms with Crippen LogP contribution in [0.4, 0.5) is 5.69 Å². The van der Waals surface area contributed by atoms with Crippen molar-refractivity contribution in [1.82, 2.24) is 9.88 Å². The van der Waals surface area contributed by atoms with Gasteiger partial charge in [0.2, 0.25) is 5.88 Å². The molecule has 0 bridgehead atoms. The molecule has 2 N–H and O–H groups in total. The summed E-state index contributed by atoms with van der Waals surface area (Å²) in [6, 6.07) is 11.7. The third-order valence-electron chi connectivity index (χ3n) is 4.47. The number of para-hydroxylation sites is 1. The molecule has 0 unspecified atom stereocenters. The summed E-state index contributed by atoms with van der Waals surface area (Å²) in [6.45, 7) is -0.238. The lowest BCUT2D eigenvalue weighted by Crippen LogP contribution is -2.28. The van der Waals surface area contributed by atoms with E-state index >= 15 is 0 Å². The van der Waals surface area contributed by atoms with Gasteiger partial charge in [0.15, 0.2) is 17.2 Å². The Morgan fingerprint density at radius 3 is 2.61 bits per heavy atom. The SMILES string of the molecule is C#CCn1c(O)c(N=NC(=O)CNC(=O)c2ccc(OC)c(OC)c2)c2ccccc21. The van der Waals surface area contributed by atoms with E-state index in [-0.39, 0.29) is 30.2 Å². The summed E-state index contributed by atoms with van der Waals surface area (Å²) < 4.78 is 11.8. The first-order valence-electron chi connectivity index (χ1n) is 9.18. The third kappa shape index (κ3) is 4.48.